The fraction of sp³-hybridized carbons (Fsp3) is 0.667. The quantitative estimate of drug-likeness (QED) is 0.592. The molecule has 82 valence electrons. The van der Waals surface area contributed by atoms with Crippen molar-refractivity contribution in [1.82, 2.24) is 5.32 Å². The number of alkyl halides is 3. The summed E-state index contributed by atoms with van der Waals surface area (Å²) >= 11 is 0. The van der Waals surface area contributed by atoms with E-state index in [1.54, 1.807) is 0 Å². The number of aliphatic carboxylic acids is 1. The van der Waals surface area contributed by atoms with Crippen LogP contribution in [0.1, 0.15) is 6.92 Å². The van der Waals surface area contributed by atoms with E-state index in [1.807, 2.05) is 0 Å². The van der Waals surface area contributed by atoms with Crippen molar-refractivity contribution in [3.8, 4) is 0 Å². The van der Waals surface area contributed by atoms with E-state index in [4.69, 9.17) is 10.2 Å². The fourth-order valence-corrected chi connectivity index (χ4v) is 0.612. The van der Waals surface area contributed by atoms with Crippen LogP contribution in [0.3, 0.4) is 0 Å². The first-order chi connectivity index (χ1) is 6.16. The van der Waals surface area contributed by atoms with Crippen LogP contribution in [-0.4, -0.2) is 40.4 Å². The third kappa shape index (κ3) is 3.60. The second kappa shape index (κ2) is 4.27. The molecule has 0 radical (unpaired) electrons. The largest absolute Gasteiger partial charge is 0.480 e. The van der Waals surface area contributed by atoms with Gasteiger partial charge >= 0.3 is 18.1 Å². The van der Waals surface area contributed by atoms with Crippen LogP contribution in [0.2, 0.25) is 0 Å². The van der Waals surface area contributed by atoms with Crippen LogP contribution in [0.4, 0.5) is 13.2 Å². The Morgan fingerprint density at radius 2 is 1.79 bits per heavy atom. The lowest BCUT2D eigenvalue weighted by Crippen LogP contribution is -2.51. The average molecular weight is 215 g/mol. The van der Waals surface area contributed by atoms with Gasteiger partial charge in [-0.3, -0.25) is 4.79 Å². The van der Waals surface area contributed by atoms with Gasteiger partial charge < -0.3 is 15.5 Å². The van der Waals surface area contributed by atoms with Crippen LogP contribution in [0.15, 0.2) is 0 Å². The van der Waals surface area contributed by atoms with Gasteiger partial charge in [0.2, 0.25) is 0 Å². The lowest BCUT2D eigenvalue weighted by molar-refractivity contribution is -0.176. The average Bonchev–Trinajstić information content (AvgIpc) is 1.96. The Balaban J connectivity index is 4.48. The minimum Gasteiger partial charge on any atom is -0.480 e. The molecule has 0 aliphatic heterocycles. The van der Waals surface area contributed by atoms with Gasteiger partial charge in [-0.2, -0.15) is 13.2 Å². The molecule has 0 aliphatic carbocycles. The van der Waals surface area contributed by atoms with Crippen LogP contribution < -0.4 is 5.32 Å². The minimum absolute atomic E-state index is 0.954. The maximum atomic E-state index is 11.6. The molecule has 0 aromatic heterocycles. The van der Waals surface area contributed by atoms with E-state index in [-0.39, 0.29) is 0 Å². The van der Waals surface area contributed by atoms with Gasteiger partial charge in [-0.1, -0.05) is 0 Å². The van der Waals surface area contributed by atoms with Crippen molar-refractivity contribution in [3.63, 3.8) is 0 Å². The molecule has 3 N–H and O–H groups in total. The molecule has 0 saturated carbocycles. The van der Waals surface area contributed by atoms with Crippen molar-refractivity contribution in [2.24, 2.45) is 0 Å². The summed E-state index contributed by atoms with van der Waals surface area (Å²) in [6.07, 6.45) is -6.78. The number of carbonyl (C=O) groups excluding carboxylic acids is 1. The SMILES string of the molecule is C[C@@H](O)[C@@H](NC(=O)C(F)(F)F)C(=O)O. The molecule has 0 saturated heterocycles. The van der Waals surface area contributed by atoms with Crippen LogP contribution in [0, 0.1) is 0 Å². The van der Waals surface area contributed by atoms with E-state index in [0.717, 1.165) is 12.2 Å². The Kier molecular flexibility index (Phi) is 3.87. The van der Waals surface area contributed by atoms with E-state index in [2.05, 4.69) is 0 Å². The third-order valence-corrected chi connectivity index (χ3v) is 1.29. The molecule has 5 nitrogen and oxygen atoms in total. The highest BCUT2D eigenvalue weighted by atomic mass is 19.4. The molecule has 0 aromatic rings. The number of carboxylic acids is 1. The number of carboxylic acid groups (broad SMARTS) is 1. The first-order valence-corrected chi connectivity index (χ1v) is 3.45. The van der Waals surface area contributed by atoms with Gasteiger partial charge in [0.1, 0.15) is 0 Å². The van der Waals surface area contributed by atoms with Crippen molar-refractivity contribution in [2.75, 3.05) is 0 Å². The number of amides is 1. The Hall–Kier alpha value is -1.31. The number of halogens is 3. The molecule has 1 amide bonds. The van der Waals surface area contributed by atoms with E-state index in [0.29, 0.717) is 0 Å². The predicted octanol–water partition coefficient (Wildman–Crippen LogP) is -0.501. The van der Waals surface area contributed by atoms with Crippen LogP contribution >= 0.6 is 0 Å². The zero-order chi connectivity index (χ0) is 11.5. The van der Waals surface area contributed by atoms with E-state index < -0.39 is 30.2 Å². The molecule has 0 aromatic carbocycles. The summed E-state index contributed by atoms with van der Waals surface area (Å²) in [5.74, 6) is -4.14. The first-order valence-electron chi connectivity index (χ1n) is 3.45. The Labute approximate surface area is 76.5 Å². The number of hydrogen-bond acceptors (Lipinski definition) is 3. The highest BCUT2D eigenvalue weighted by molar-refractivity contribution is 5.87. The van der Waals surface area contributed by atoms with Crippen molar-refractivity contribution in [3.05, 3.63) is 0 Å². The Morgan fingerprint density at radius 3 is 2.00 bits per heavy atom. The zero-order valence-electron chi connectivity index (χ0n) is 7.00. The van der Waals surface area contributed by atoms with Gasteiger partial charge in [0.25, 0.3) is 0 Å². The van der Waals surface area contributed by atoms with Gasteiger partial charge in [0.15, 0.2) is 6.04 Å². The van der Waals surface area contributed by atoms with Gasteiger partial charge in [-0.25, -0.2) is 4.79 Å². The summed E-state index contributed by atoms with van der Waals surface area (Å²) in [7, 11) is 0. The predicted molar refractivity (Wildman–Crippen MR) is 37.3 cm³/mol. The molecule has 0 fully saturated rings. The zero-order valence-corrected chi connectivity index (χ0v) is 7.00. The maximum Gasteiger partial charge on any atom is 0.471 e. The summed E-state index contributed by atoms with van der Waals surface area (Å²) in [5.41, 5.74) is 0. The van der Waals surface area contributed by atoms with Crippen molar-refractivity contribution < 1.29 is 33.0 Å². The minimum atomic E-state index is -5.16. The summed E-state index contributed by atoms with van der Waals surface area (Å²) in [4.78, 5) is 20.5. The van der Waals surface area contributed by atoms with Gasteiger partial charge in [-0.05, 0) is 6.92 Å². The Morgan fingerprint density at radius 1 is 1.36 bits per heavy atom. The second-order valence-corrected chi connectivity index (χ2v) is 2.53. The van der Waals surface area contributed by atoms with Gasteiger partial charge in [-0.15, -0.1) is 0 Å². The Bertz CT molecular complexity index is 238. The molecular formula is C6H8F3NO4. The molecule has 8 heteroatoms. The summed E-state index contributed by atoms with van der Waals surface area (Å²) in [5, 5.41) is 18.2. The molecule has 0 aliphatic rings. The molecule has 0 heterocycles. The monoisotopic (exact) mass is 215 g/mol. The normalized spacial score (nSPS) is 15.8. The number of aliphatic hydroxyl groups is 1. The molecule has 14 heavy (non-hydrogen) atoms. The van der Waals surface area contributed by atoms with E-state index in [9.17, 15) is 22.8 Å². The number of carbonyl (C=O) groups is 2. The molecule has 0 unspecified atom stereocenters. The van der Waals surface area contributed by atoms with Crippen LogP contribution in [0.25, 0.3) is 0 Å². The second-order valence-electron chi connectivity index (χ2n) is 2.53. The highest BCUT2D eigenvalue weighted by Crippen LogP contribution is 2.14. The number of hydrogen-bond donors (Lipinski definition) is 3. The van der Waals surface area contributed by atoms with Gasteiger partial charge in [0, 0.05) is 0 Å². The van der Waals surface area contributed by atoms with Crippen LogP contribution in [-0.2, 0) is 9.59 Å². The highest BCUT2D eigenvalue weighted by Gasteiger charge is 2.41. The fourth-order valence-electron chi connectivity index (χ4n) is 0.612. The van der Waals surface area contributed by atoms with Gasteiger partial charge in [0.05, 0.1) is 6.10 Å². The van der Waals surface area contributed by atoms with Crippen molar-refractivity contribution in [2.45, 2.75) is 25.2 Å². The molecular weight excluding hydrogens is 207 g/mol. The summed E-state index contributed by atoms with van der Waals surface area (Å²) in [6.45, 7) is 0.954. The number of rotatable bonds is 3. The summed E-state index contributed by atoms with van der Waals surface area (Å²) < 4.78 is 34.9. The van der Waals surface area contributed by atoms with Crippen LogP contribution in [0.5, 0.6) is 0 Å². The lowest BCUT2D eigenvalue weighted by Gasteiger charge is -2.17. The smallest absolute Gasteiger partial charge is 0.471 e. The lowest BCUT2D eigenvalue weighted by atomic mass is 10.2. The molecule has 0 rings (SSSR count). The number of aliphatic hydroxyl groups excluding tert-OH is 1. The standard InChI is InChI=1S/C6H8F3NO4/c1-2(11)3(4(12)13)10-5(14)6(7,8)9/h2-3,11H,1H3,(H,10,14)(H,12,13)/t2-,3-/m1/s1. The van der Waals surface area contributed by atoms with Crippen molar-refractivity contribution >= 4 is 11.9 Å². The molecule has 2 atom stereocenters. The van der Waals surface area contributed by atoms with E-state index >= 15 is 0 Å². The third-order valence-electron chi connectivity index (χ3n) is 1.29. The maximum absolute atomic E-state index is 11.6. The summed E-state index contributed by atoms with van der Waals surface area (Å²) in [6, 6.07) is -1.97. The first kappa shape index (κ1) is 12.7. The molecule has 0 spiro atoms. The van der Waals surface area contributed by atoms with Crippen molar-refractivity contribution in [1.29, 1.82) is 0 Å². The molecule has 0 bridgehead atoms. The number of nitrogens with one attached hydrogen (secondary N) is 1. The van der Waals surface area contributed by atoms with E-state index in [1.165, 1.54) is 0 Å². The topological polar surface area (TPSA) is 86.6 Å².